The second-order valence-corrected chi connectivity index (χ2v) is 6.26. The topological polar surface area (TPSA) is 15.3 Å². The maximum Gasteiger partial charge on any atom is 0.127 e. The van der Waals surface area contributed by atoms with Crippen molar-refractivity contribution in [2.24, 2.45) is 0 Å². The van der Waals surface area contributed by atoms with Crippen LogP contribution in [0.4, 0.5) is 4.39 Å². The van der Waals surface area contributed by atoms with Crippen molar-refractivity contribution in [2.45, 2.75) is 26.1 Å². The van der Waals surface area contributed by atoms with E-state index in [-0.39, 0.29) is 11.9 Å². The van der Waals surface area contributed by atoms with Gasteiger partial charge in [-0.05, 0) is 39.2 Å². The minimum absolute atomic E-state index is 0.0612. The smallest absolute Gasteiger partial charge is 0.127 e. The van der Waals surface area contributed by atoms with Gasteiger partial charge in [-0.1, -0.05) is 18.2 Å². The largest absolute Gasteiger partial charge is 0.315 e. The van der Waals surface area contributed by atoms with E-state index in [1.54, 1.807) is 17.4 Å². The normalized spacial score (nSPS) is 12.8. The first-order chi connectivity index (χ1) is 9.61. The first-order valence-electron chi connectivity index (χ1n) is 6.78. The van der Waals surface area contributed by atoms with Crippen molar-refractivity contribution in [2.75, 3.05) is 14.1 Å². The van der Waals surface area contributed by atoms with Gasteiger partial charge in [0.25, 0.3) is 0 Å². The highest BCUT2D eigenvalue weighted by Crippen LogP contribution is 2.25. The van der Waals surface area contributed by atoms with E-state index in [9.17, 15) is 4.39 Å². The van der Waals surface area contributed by atoms with Gasteiger partial charge in [-0.2, -0.15) is 0 Å². The summed E-state index contributed by atoms with van der Waals surface area (Å²) in [6, 6.07) is 11.4. The quantitative estimate of drug-likeness (QED) is 0.871. The van der Waals surface area contributed by atoms with Crippen molar-refractivity contribution in [3.05, 3.63) is 57.5 Å². The summed E-state index contributed by atoms with van der Waals surface area (Å²) in [5.74, 6) is -0.131. The van der Waals surface area contributed by atoms with Crippen molar-refractivity contribution >= 4 is 11.3 Å². The number of hydrogen-bond donors (Lipinski definition) is 1. The molecule has 108 valence electrons. The van der Waals surface area contributed by atoms with E-state index in [0.29, 0.717) is 0 Å². The molecule has 0 aliphatic carbocycles. The Morgan fingerprint density at radius 3 is 2.60 bits per heavy atom. The Bertz CT molecular complexity index is 553. The molecular weight excluding hydrogens is 271 g/mol. The van der Waals surface area contributed by atoms with Gasteiger partial charge in [0.1, 0.15) is 5.82 Å². The first-order valence-corrected chi connectivity index (χ1v) is 7.60. The Morgan fingerprint density at radius 1 is 1.20 bits per heavy atom. The predicted octanol–water partition coefficient (Wildman–Crippen LogP) is 3.80. The van der Waals surface area contributed by atoms with E-state index in [4.69, 9.17) is 0 Å². The van der Waals surface area contributed by atoms with E-state index < -0.39 is 0 Å². The van der Waals surface area contributed by atoms with Crippen LogP contribution in [0.2, 0.25) is 0 Å². The SMILES string of the molecule is CNCc1ccc(CN(C)C(C)c2ccccc2F)s1. The number of benzene rings is 1. The Morgan fingerprint density at radius 2 is 1.90 bits per heavy atom. The molecule has 4 heteroatoms. The molecule has 1 heterocycles. The van der Waals surface area contributed by atoms with Crippen LogP contribution in [0.1, 0.15) is 28.3 Å². The summed E-state index contributed by atoms with van der Waals surface area (Å²) in [5, 5.41) is 3.15. The molecule has 1 atom stereocenters. The van der Waals surface area contributed by atoms with Gasteiger partial charge in [-0.3, -0.25) is 4.90 Å². The molecule has 0 bridgehead atoms. The van der Waals surface area contributed by atoms with E-state index in [1.165, 1.54) is 15.8 Å². The van der Waals surface area contributed by atoms with Crippen molar-refractivity contribution in [1.29, 1.82) is 0 Å². The average molecular weight is 292 g/mol. The summed E-state index contributed by atoms with van der Waals surface area (Å²) in [6.07, 6.45) is 0. The third-order valence-electron chi connectivity index (χ3n) is 3.49. The molecule has 0 aliphatic heterocycles. The van der Waals surface area contributed by atoms with E-state index in [0.717, 1.165) is 18.7 Å². The Labute approximate surface area is 124 Å². The van der Waals surface area contributed by atoms with Crippen molar-refractivity contribution in [1.82, 2.24) is 10.2 Å². The molecule has 2 aromatic rings. The van der Waals surface area contributed by atoms with Crippen LogP contribution in [0.3, 0.4) is 0 Å². The van der Waals surface area contributed by atoms with Gasteiger partial charge in [0.05, 0.1) is 0 Å². The molecular formula is C16H21FN2S. The molecule has 2 rings (SSSR count). The molecule has 1 N–H and O–H groups in total. The maximum atomic E-state index is 13.8. The van der Waals surface area contributed by atoms with Gasteiger partial charge in [-0.25, -0.2) is 4.39 Å². The maximum absolute atomic E-state index is 13.8. The number of thiophene rings is 1. The Balaban J connectivity index is 2.03. The fourth-order valence-electron chi connectivity index (χ4n) is 2.21. The molecule has 0 saturated carbocycles. The number of halogens is 1. The molecule has 2 nitrogen and oxygen atoms in total. The summed E-state index contributed by atoms with van der Waals surface area (Å²) in [4.78, 5) is 4.81. The standard InChI is InChI=1S/C16H21FN2S/c1-12(15-6-4-5-7-16(15)17)19(3)11-14-9-8-13(20-14)10-18-2/h4-9,12,18H,10-11H2,1-3H3. The minimum atomic E-state index is -0.131. The number of nitrogens with one attached hydrogen (secondary N) is 1. The molecule has 1 aromatic carbocycles. The highest BCUT2D eigenvalue weighted by molar-refractivity contribution is 7.11. The first kappa shape index (κ1) is 15.2. The van der Waals surface area contributed by atoms with Crippen LogP contribution in [0, 0.1) is 5.82 Å². The van der Waals surface area contributed by atoms with Crippen LogP contribution in [-0.2, 0) is 13.1 Å². The van der Waals surface area contributed by atoms with Crippen LogP contribution >= 0.6 is 11.3 Å². The van der Waals surface area contributed by atoms with Gasteiger partial charge in [0, 0.05) is 34.4 Å². The number of rotatable bonds is 6. The Hall–Kier alpha value is -1.23. The second kappa shape index (κ2) is 6.97. The highest BCUT2D eigenvalue weighted by atomic mass is 32.1. The molecule has 0 fully saturated rings. The lowest BCUT2D eigenvalue weighted by molar-refractivity contribution is 0.250. The van der Waals surface area contributed by atoms with Gasteiger partial charge >= 0.3 is 0 Å². The zero-order chi connectivity index (χ0) is 14.5. The zero-order valence-electron chi connectivity index (χ0n) is 12.2. The van der Waals surface area contributed by atoms with Gasteiger partial charge in [0.2, 0.25) is 0 Å². The molecule has 1 unspecified atom stereocenters. The lowest BCUT2D eigenvalue weighted by atomic mass is 10.1. The number of hydrogen-bond acceptors (Lipinski definition) is 3. The Kier molecular flexibility index (Phi) is 5.29. The van der Waals surface area contributed by atoms with Crippen molar-refractivity contribution in [3.63, 3.8) is 0 Å². The van der Waals surface area contributed by atoms with Crippen LogP contribution < -0.4 is 5.32 Å². The molecule has 0 spiro atoms. The zero-order valence-corrected chi connectivity index (χ0v) is 13.0. The summed E-state index contributed by atoms with van der Waals surface area (Å²) in [5.41, 5.74) is 0.752. The molecule has 0 aliphatic rings. The van der Waals surface area contributed by atoms with E-state index >= 15 is 0 Å². The third-order valence-corrected chi connectivity index (χ3v) is 4.56. The van der Waals surface area contributed by atoms with Crippen LogP contribution in [-0.4, -0.2) is 19.0 Å². The summed E-state index contributed by atoms with van der Waals surface area (Å²) in [7, 11) is 3.99. The van der Waals surface area contributed by atoms with Crippen molar-refractivity contribution < 1.29 is 4.39 Å². The fraction of sp³-hybridized carbons (Fsp3) is 0.375. The molecule has 1 aromatic heterocycles. The lowest BCUT2D eigenvalue weighted by Gasteiger charge is -2.24. The van der Waals surface area contributed by atoms with Crippen LogP contribution in [0.25, 0.3) is 0 Å². The van der Waals surface area contributed by atoms with E-state index in [1.807, 2.05) is 33.2 Å². The molecule has 0 saturated heterocycles. The lowest BCUT2D eigenvalue weighted by Crippen LogP contribution is -2.22. The summed E-state index contributed by atoms with van der Waals surface area (Å²) < 4.78 is 13.8. The molecule has 20 heavy (non-hydrogen) atoms. The third kappa shape index (κ3) is 3.66. The predicted molar refractivity (Wildman–Crippen MR) is 83.4 cm³/mol. The van der Waals surface area contributed by atoms with Crippen LogP contribution in [0.5, 0.6) is 0 Å². The van der Waals surface area contributed by atoms with Gasteiger partial charge in [-0.15, -0.1) is 11.3 Å². The van der Waals surface area contributed by atoms with Gasteiger partial charge in [0.15, 0.2) is 0 Å². The highest BCUT2D eigenvalue weighted by Gasteiger charge is 2.16. The van der Waals surface area contributed by atoms with Crippen LogP contribution in [0.15, 0.2) is 36.4 Å². The van der Waals surface area contributed by atoms with Gasteiger partial charge < -0.3 is 5.32 Å². The monoisotopic (exact) mass is 292 g/mol. The van der Waals surface area contributed by atoms with Crippen molar-refractivity contribution in [3.8, 4) is 0 Å². The fourth-order valence-corrected chi connectivity index (χ4v) is 3.30. The number of nitrogens with zero attached hydrogens (tertiary/aromatic N) is 1. The summed E-state index contributed by atoms with van der Waals surface area (Å²) >= 11 is 1.80. The van der Waals surface area contributed by atoms with E-state index in [2.05, 4.69) is 22.3 Å². The molecule has 0 amide bonds. The summed E-state index contributed by atoms with van der Waals surface area (Å²) in [6.45, 7) is 3.78. The molecule has 0 radical (unpaired) electrons. The average Bonchev–Trinajstić information content (AvgIpc) is 2.86. The second-order valence-electron chi connectivity index (χ2n) is 5.01. The minimum Gasteiger partial charge on any atom is -0.315 e.